The summed E-state index contributed by atoms with van der Waals surface area (Å²) in [5.41, 5.74) is 0.00231. The van der Waals surface area contributed by atoms with Crippen LogP contribution in [0.25, 0.3) is 0 Å². The number of hydrogen-bond acceptors (Lipinski definition) is 3. The number of nitrogens with zero attached hydrogens (tertiary/aromatic N) is 1. The van der Waals surface area contributed by atoms with Crippen molar-refractivity contribution in [2.75, 3.05) is 6.54 Å². The number of carbonyl (C=O) groups is 2. The van der Waals surface area contributed by atoms with Crippen LogP contribution in [0, 0.1) is 0 Å². The van der Waals surface area contributed by atoms with Gasteiger partial charge in [0.05, 0.1) is 0 Å². The van der Waals surface area contributed by atoms with E-state index in [1.807, 2.05) is 6.92 Å². The van der Waals surface area contributed by atoms with Crippen molar-refractivity contribution in [2.24, 2.45) is 0 Å². The van der Waals surface area contributed by atoms with Gasteiger partial charge in [0, 0.05) is 6.54 Å². The van der Waals surface area contributed by atoms with Crippen molar-refractivity contribution in [1.82, 2.24) is 10.3 Å². The van der Waals surface area contributed by atoms with Crippen molar-refractivity contribution >= 4 is 11.9 Å². The highest BCUT2D eigenvalue weighted by atomic mass is 16.4. The molecule has 0 atom stereocenters. The number of carboxylic acid groups (broad SMARTS) is 1. The smallest absolute Gasteiger partial charge is 0.354 e. The molecule has 1 heterocycles. The lowest BCUT2D eigenvalue weighted by Gasteiger charge is -2.02. The third-order valence-electron chi connectivity index (χ3n) is 1.74. The van der Waals surface area contributed by atoms with E-state index >= 15 is 0 Å². The molecule has 1 aromatic heterocycles. The largest absolute Gasteiger partial charge is 0.477 e. The van der Waals surface area contributed by atoms with E-state index in [9.17, 15) is 9.59 Å². The zero-order chi connectivity index (χ0) is 11.3. The summed E-state index contributed by atoms with van der Waals surface area (Å²) in [6.07, 6.45) is 0.824. The van der Waals surface area contributed by atoms with Crippen molar-refractivity contribution in [3.8, 4) is 0 Å². The molecule has 0 aliphatic heterocycles. The summed E-state index contributed by atoms with van der Waals surface area (Å²) in [6.45, 7) is 2.49. The maximum Gasteiger partial charge on any atom is 0.354 e. The fourth-order valence-electron chi connectivity index (χ4n) is 1.01. The average Bonchev–Trinajstić information content (AvgIpc) is 2.26. The highest BCUT2D eigenvalue weighted by molar-refractivity contribution is 5.94. The first kappa shape index (κ1) is 11.2. The van der Waals surface area contributed by atoms with Gasteiger partial charge in [-0.05, 0) is 18.6 Å². The molecule has 1 amide bonds. The molecule has 80 valence electrons. The molecule has 5 heteroatoms. The fourth-order valence-corrected chi connectivity index (χ4v) is 1.01. The minimum absolute atomic E-state index is 0.126. The van der Waals surface area contributed by atoms with E-state index in [-0.39, 0.29) is 17.3 Å². The highest BCUT2D eigenvalue weighted by Gasteiger charge is 2.10. The van der Waals surface area contributed by atoms with E-state index in [1.54, 1.807) is 0 Å². The van der Waals surface area contributed by atoms with Gasteiger partial charge >= 0.3 is 5.97 Å². The second-order valence-corrected chi connectivity index (χ2v) is 2.97. The van der Waals surface area contributed by atoms with Gasteiger partial charge in [-0.3, -0.25) is 4.79 Å². The Morgan fingerprint density at radius 1 is 1.40 bits per heavy atom. The number of amides is 1. The molecule has 15 heavy (non-hydrogen) atoms. The molecule has 0 spiro atoms. The Hall–Kier alpha value is -1.91. The molecule has 0 radical (unpaired) electrons. The predicted molar refractivity (Wildman–Crippen MR) is 53.8 cm³/mol. The molecule has 0 aromatic carbocycles. The zero-order valence-electron chi connectivity index (χ0n) is 8.36. The predicted octanol–water partition coefficient (Wildman–Crippen LogP) is 0.920. The van der Waals surface area contributed by atoms with Crippen LogP contribution in [0.15, 0.2) is 18.2 Å². The van der Waals surface area contributed by atoms with E-state index in [0.717, 1.165) is 6.42 Å². The maximum absolute atomic E-state index is 11.4. The van der Waals surface area contributed by atoms with Crippen molar-refractivity contribution in [2.45, 2.75) is 13.3 Å². The number of pyridine rings is 1. The Kier molecular flexibility index (Phi) is 3.79. The van der Waals surface area contributed by atoms with Crippen LogP contribution >= 0.6 is 0 Å². The van der Waals surface area contributed by atoms with Gasteiger partial charge in [0.2, 0.25) is 0 Å². The minimum Gasteiger partial charge on any atom is -0.477 e. The molecule has 1 aromatic rings. The van der Waals surface area contributed by atoms with E-state index in [4.69, 9.17) is 5.11 Å². The van der Waals surface area contributed by atoms with Gasteiger partial charge in [-0.15, -0.1) is 0 Å². The Morgan fingerprint density at radius 3 is 2.67 bits per heavy atom. The second-order valence-electron chi connectivity index (χ2n) is 2.97. The molecule has 1 rings (SSSR count). The third kappa shape index (κ3) is 3.05. The molecular formula is C10H12N2O3. The quantitative estimate of drug-likeness (QED) is 0.771. The molecule has 0 bridgehead atoms. The first-order chi connectivity index (χ1) is 7.15. The third-order valence-corrected chi connectivity index (χ3v) is 1.74. The molecule has 0 aliphatic carbocycles. The second kappa shape index (κ2) is 5.09. The van der Waals surface area contributed by atoms with Gasteiger partial charge in [-0.1, -0.05) is 13.0 Å². The number of rotatable bonds is 4. The van der Waals surface area contributed by atoms with Gasteiger partial charge in [-0.2, -0.15) is 0 Å². The summed E-state index contributed by atoms with van der Waals surface area (Å²) in [6, 6.07) is 4.33. The van der Waals surface area contributed by atoms with E-state index in [1.165, 1.54) is 18.2 Å². The standard InChI is InChI=1S/C10H12N2O3/c1-2-6-11-9(13)7-4-3-5-8(12-7)10(14)15/h3-5H,2,6H2,1H3,(H,11,13)(H,14,15). The SMILES string of the molecule is CCCNC(=O)c1cccc(C(=O)O)n1. The topological polar surface area (TPSA) is 79.3 Å². The number of aromatic nitrogens is 1. The molecule has 5 nitrogen and oxygen atoms in total. The lowest BCUT2D eigenvalue weighted by Crippen LogP contribution is -2.25. The van der Waals surface area contributed by atoms with Crippen molar-refractivity contribution < 1.29 is 14.7 Å². The van der Waals surface area contributed by atoms with Crippen LogP contribution in [0.3, 0.4) is 0 Å². The number of hydrogen-bond donors (Lipinski definition) is 2. The van der Waals surface area contributed by atoms with Crippen molar-refractivity contribution in [1.29, 1.82) is 0 Å². The number of carbonyl (C=O) groups excluding carboxylic acids is 1. The number of nitrogens with one attached hydrogen (secondary N) is 1. The number of carboxylic acids is 1. The summed E-state index contributed by atoms with van der Waals surface area (Å²) in [5, 5.41) is 11.3. The summed E-state index contributed by atoms with van der Waals surface area (Å²) >= 11 is 0. The van der Waals surface area contributed by atoms with Crippen LogP contribution < -0.4 is 5.32 Å². The minimum atomic E-state index is -1.14. The molecular weight excluding hydrogens is 196 g/mol. The Labute approximate surface area is 87.1 Å². The summed E-state index contributed by atoms with van der Waals surface area (Å²) in [4.78, 5) is 25.7. The maximum atomic E-state index is 11.4. The molecule has 0 saturated carbocycles. The Balaban J connectivity index is 2.81. The van der Waals surface area contributed by atoms with E-state index in [0.29, 0.717) is 6.54 Å². The van der Waals surface area contributed by atoms with Crippen molar-refractivity contribution in [3.63, 3.8) is 0 Å². The van der Waals surface area contributed by atoms with Crippen LogP contribution in [-0.2, 0) is 0 Å². The molecule has 0 unspecified atom stereocenters. The van der Waals surface area contributed by atoms with Crippen LogP contribution in [0.1, 0.15) is 34.3 Å². The molecule has 0 fully saturated rings. The van der Waals surface area contributed by atoms with Crippen LogP contribution in [0.5, 0.6) is 0 Å². The Morgan fingerprint density at radius 2 is 2.07 bits per heavy atom. The molecule has 2 N–H and O–H groups in total. The van der Waals surface area contributed by atoms with Crippen LogP contribution in [0.4, 0.5) is 0 Å². The Bertz CT molecular complexity index is 377. The fraction of sp³-hybridized carbons (Fsp3) is 0.300. The van der Waals surface area contributed by atoms with Crippen molar-refractivity contribution in [3.05, 3.63) is 29.6 Å². The van der Waals surface area contributed by atoms with E-state index in [2.05, 4.69) is 10.3 Å². The van der Waals surface area contributed by atoms with Crippen LogP contribution in [-0.4, -0.2) is 28.5 Å². The van der Waals surface area contributed by atoms with Gasteiger partial charge < -0.3 is 10.4 Å². The summed E-state index contributed by atoms with van der Waals surface area (Å²) in [5.74, 6) is -1.49. The van der Waals surface area contributed by atoms with E-state index < -0.39 is 5.97 Å². The number of aromatic carboxylic acids is 1. The van der Waals surface area contributed by atoms with Gasteiger partial charge in [-0.25, -0.2) is 9.78 Å². The lowest BCUT2D eigenvalue weighted by atomic mass is 10.3. The van der Waals surface area contributed by atoms with Crippen LogP contribution in [0.2, 0.25) is 0 Å². The highest BCUT2D eigenvalue weighted by Crippen LogP contribution is 1.99. The summed E-state index contributed by atoms with van der Waals surface area (Å²) in [7, 11) is 0. The lowest BCUT2D eigenvalue weighted by molar-refractivity contribution is 0.0690. The monoisotopic (exact) mass is 208 g/mol. The summed E-state index contributed by atoms with van der Waals surface area (Å²) < 4.78 is 0. The average molecular weight is 208 g/mol. The molecule has 0 saturated heterocycles. The van der Waals surface area contributed by atoms with Gasteiger partial charge in [0.25, 0.3) is 5.91 Å². The molecule has 0 aliphatic rings. The van der Waals surface area contributed by atoms with Gasteiger partial charge in [0.15, 0.2) is 0 Å². The first-order valence-corrected chi connectivity index (χ1v) is 4.63. The van der Waals surface area contributed by atoms with Gasteiger partial charge in [0.1, 0.15) is 11.4 Å². The first-order valence-electron chi connectivity index (χ1n) is 4.63. The normalized spacial score (nSPS) is 9.67. The zero-order valence-corrected chi connectivity index (χ0v) is 8.36.